The number of amides is 3. The molecule has 1 aromatic heterocycles. The standard InChI is InChI=1S/C42H47N7O7/c1-9-29-20-42(29,38(53)55-10-2)47-35(50)32-19-30(24-48(32)37(52)34(40(3,4)5)46-39(54)56-41(6,7)8)49-36(51)33(28-17-13-26(22-44)14-18-28)31(23-45-49)27-15-11-25(21-43)12-16-27/h9,11-18,23,29-30,32,34H,1,10,19-20,24H2,2-8H3,(H,46,54)(H,47,50). The highest BCUT2D eigenvalue weighted by molar-refractivity contribution is 5.97. The van der Waals surface area contributed by atoms with Gasteiger partial charge in [-0.3, -0.25) is 14.4 Å². The van der Waals surface area contributed by atoms with E-state index >= 15 is 0 Å². The molecule has 292 valence electrons. The van der Waals surface area contributed by atoms with Crippen LogP contribution in [0.5, 0.6) is 0 Å². The zero-order valence-corrected chi connectivity index (χ0v) is 32.7. The first-order valence-electron chi connectivity index (χ1n) is 18.4. The molecule has 2 fully saturated rings. The minimum atomic E-state index is -1.36. The highest BCUT2D eigenvalue weighted by atomic mass is 16.6. The number of rotatable bonds is 10. The summed E-state index contributed by atoms with van der Waals surface area (Å²) in [4.78, 5) is 71.2. The summed E-state index contributed by atoms with van der Waals surface area (Å²) in [5, 5.41) is 28.9. The van der Waals surface area contributed by atoms with Gasteiger partial charge in [-0.1, -0.05) is 51.1 Å². The van der Waals surface area contributed by atoms with Crippen molar-refractivity contribution in [2.75, 3.05) is 13.2 Å². The van der Waals surface area contributed by atoms with Crippen LogP contribution in [-0.4, -0.2) is 74.9 Å². The van der Waals surface area contributed by atoms with E-state index in [1.807, 2.05) is 0 Å². The molecule has 1 saturated carbocycles. The molecule has 5 atom stereocenters. The second-order valence-corrected chi connectivity index (χ2v) is 16.1. The molecule has 3 aromatic rings. The van der Waals surface area contributed by atoms with Gasteiger partial charge < -0.3 is 25.0 Å². The second kappa shape index (κ2) is 15.8. The Morgan fingerprint density at radius 2 is 1.59 bits per heavy atom. The van der Waals surface area contributed by atoms with E-state index in [0.29, 0.717) is 27.8 Å². The average molecular weight is 762 g/mol. The number of alkyl carbamates (subject to hydrolysis) is 1. The Labute approximate surface area is 326 Å². The van der Waals surface area contributed by atoms with Crippen molar-refractivity contribution in [2.45, 2.75) is 90.6 Å². The predicted octanol–water partition coefficient (Wildman–Crippen LogP) is 5.03. The summed E-state index contributed by atoms with van der Waals surface area (Å²) in [6.45, 7) is 15.8. The number of aromatic nitrogens is 2. The lowest BCUT2D eigenvalue weighted by atomic mass is 9.85. The molecule has 0 spiro atoms. The summed E-state index contributed by atoms with van der Waals surface area (Å²) >= 11 is 0. The third-order valence-corrected chi connectivity index (χ3v) is 9.90. The number of likely N-dealkylation sites (tertiary alicyclic amines) is 1. The lowest BCUT2D eigenvalue weighted by molar-refractivity contribution is -0.150. The fourth-order valence-corrected chi connectivity index (χ4v) is 6.95. The molecule has 14 nitrogen and oxygen atoms in total. The molecule has 0 bridgehead atoms. The van der Waals surface area contributed by atoms with Crippen molar-refractivity contribution in [2.24, 2.45) is 11.3 Å². The number of benzene rings is 2. The molecule has 1 aliphatic carbocycles. The van der Waals surface area contributed by atoms with Crippen molar-refractivity contribution in [3.8, 4) is 34.4 Å². The number of nitriles is 2. The van der Waals surface area contributed by atoms with E-state index in [1.54, 1.807) is 103 Å². The number of nitrogens with zero attached hydrogens (tertiary/aromatic N) is 5. The molecule has 2 N–H and O–H groups in total. The molecule has 5 unspecified atom stereocenters. The Hall–Kier alpha value is -6.28. The van der Waals surface area contributed by atoms with Gasteiger partial charge in [0.15, 0.2) is 0 Å². The van der Waals surface area contributed by atoms with E-state index in [1.165, 1.54) is 15.8 Å². The third kappa shape index (κ3) is 8.50. The van der Waals surface area contributed by atoms with Crippen LogP contribution in [0.25, 0.3) is 22.3 Å². The van der Waals surface area contributed by atoms with Crippen molar-refractivity contribution in [3.63, 3.8) is 0 Å². The van der Waals surface area contributed by atoms with Gasteiger partial charge in [0.2, 0.25) is 11.8 Å². The minimum absolute atomic E-state index is 0.0610. The molecule has 1 saturated heterocycles. The van der Waals surface area contributed by atoms with Crippen molar-refractivity contribution in [3.05, 3.63) is 88.9 Å². The first-order chi connectivity index (χ1) is 26.4. The van der Waals surface area contributed by atoms with E-state index < -0.39 is 70.0 Å². The maximum Gasteiger partial charge on any atom is 0.408 e. The number of carbonyl (C=O) groups excluding carboxylic acids is 4. The topological polar surface area (TPSA) is 197 Å². The summed E-state index contributed by atoms with van der Waals surface area (Å²) in [6, 6.07) is 14.2. The van der Waals surface area contributed by atoms with Crippen LogP contribution < -0.4 is 16.2 Å². The average Bonchev–Trinajstić information content (AvgIpc) is 3.69. The molecule has 0 radical (unpaired) electrons. The third-order valence-electron chi connectivity index (χ3n) is 9.90. The molecule has 14 heteroatoms. The van der Waals surface area contributed by atoms with Crippen LogP contribution in [-0.2, 0) is 23.9 Å². The molecule has 3 amide bonds. The zero-order valence-electron chi connectivity index (χ0n) is 32.7. The fourth-order valence-electron chi connectivity index (χ4n) is 6.95. The van der Waals surface area contributed by atoms with Crippen LogP contribution in [0.15, 0.2) is 72.2 Å². The SMILES string of the molecule is C=CC1CC1(NC(=O)C1CC(n2ncc(-c3ccc(C#N)cc3)c(-c3ccc(C#N)cc3)c2=O)CN1C(=O)C(NC(=O)OC(C)(C)C)C(C)(C)C)C(=O)OCC. The summed E-state index contributed by atoms with van der Waals surface area (Å²) in [7, 11) is 0. The van der Waals surface area contributed by atoms with Crippen LogP contribution in [0.3, 0.4) is 0 Å². The number of hydrogen-bond acceptors (Lipinski definition) is 10. The summed E-state index contributed by atoms with van der Waals surface area (Å²) in [5.41, 5.74) is -0.927. The monoisotopic (exact) mass is 761 g/mol. The number of esters is 1. The van der Waals surface area contributed by atoms with Gasteiger partial charge in [0, 0.05) is 24.4 Å². The van der Waals surface area contributed by atoms with Gasteiger partial charge in [0.05, 0.1) is 47.7 Å². The van der Waals surface area contributed by atoms with E-state index in [-0.39, 0.29) is 31.6 Å². The lowest BCUT2D eigenvalue weighted by Crippen LogP contribution is -2.59. The second-order valence-electron chi connectivity index (χ2n) is 16.1. The Bertz CT molecular complexity index is 2170. The molecular weight excluding hydrogens is 715 g/mol. The van der Waals surface area contributed by atoms with Crippen LogP contribution >= 0.6 is 0 Å². The Morgan fingerprint density at radius 3 is 2.09 bits per heavy atom. The lowest BCUT2D eigenvalue weighted by Gasteiger charge is -2.36. The highest BCUT2D eigenvalue weighted by Gasteiger charge is 2.62. The molecule has 1 aliphatic heterocycles. The van der Waals surface area contributed by atoms with Gasteiger partial charge in [-0.15, -0.1) is 6.58 Å². The molecule has 5 rings (SSSR count). The molecule has 2 aromatic carbocycles. The predicted molar refractivity (Wildman–Crippen MR) is 206 cm³/mol. The summed E-state index contributed by atoms with van der Waals surface area (Å²) in [5.74, 6) is -2.25. The molecule has 2 aliphatic rings. The Kier molecular flexibility index (Phi) is 11.6. The first kappa shape index (κ1) is 40.9. The quantitative estimate of drug-likeness (QED) is 0.209. The fraction of sp³-hybridized carbons (Fsp3) is 0.429. The first-order valence-corrected chi connectivity index (χ1v) is 18.4. The Morgan fingerprint density at radius 1 is 1.00 bits per heavy atom. The van der Waals surface area contributed by atoms with E-state index in [4.69, 9.17) is 9.47 Å². The van der Waals surface area contributed by atoms with Crippen molar-refractivity contribution >= 4 is 23.9 Å². The number of ether oxygens (including phenoxy) is 2. The summed E-state index contributed by atoms with van der Waals surface area (Å²) in [6.07, 6.45) is 2.48. The van der Waals surface area contributed by atoms with Gasteiger partial charge in [-0.05, 0) is 74.9 Å². The maximum atomic E-state index is 14.7. The van der Waals surface area contributed by atoms with Crippen molar-refractivity contribution < 1.29 is 28.7 Å². The highest BCUT2D eigenvalue weighted by Crippen LogP contribution is 2.46. The van der Waals surface area contributed by atoms with E-state index in [0.717, 1.165) is 0 Å². The number of nitrogens with one attached hydrogen (secondary N) is 2. The van der Waals surface area contributed by atoms with Crippen molar-refractivity contribution in [1.29, 1.82) is 10.5 Å². The number of carbonyl (C=O) groups is 4. The molecule has 2 heterocycles. The maximum absolute atomic E-state index is 14.7. The van der Waals surface area contributed by atoms with Gasteiger partial charge in [0.25, 0.3) is 5.56 Å². The van der Waals surface area contributed by atoms with Crippen LogP contribution in [0.2, 0.25) is 0 Å². The summed E-state index contributed by atoms with van der Waals surface area (Å²) < 4.78 is 12.0. The zero-order chi connectivity index (χ0) is 41.2. The van der Waals surface area contributed by atoms with E-state index in [9.17, 15) is 34.5 Å². The molecular formula is C42H47N7O7. The van der Waals surface area contributed by atoms with Gasteiger partial charge in [-0.25, -0.2) is 14.3 Å². The smallest absolute Gasteiger partial charge is 0.408 e. The normalized spacial score (nSPS) is 20.8. The van der Waals surface area contributed by atoms with Crippen molar-refractivity contribution in [1.82, 2.24) is 25.3 Å². The van der Waals surface area contributed by atoms with Gasteiger partial charge in [-0.2, -0.15) is 15.6 Å². The van der Waals surface area contributed by atoms with Crippen LogP contribution in [0, 0.1) is 34.0 Å². The Balaban J connectivity index is 1.60. The van der Waals surface area contributed by atoms with Crippen LogP contribution in [0.1, 0.15) is 78.5 Å². The van der Waals surface area contributed by atoms with Gasteiger partial charge >= 0.3 is 12.1 Å². The molecule has 56 heavy (non-hydrogen) atoms. The van der Waals surface area contributed by atoms with E-state index in [2.05, 4.69) is 34.4 Å². The van der Waals surface area contributed by atoms with Gasteiger partial charge in [0.1, 0.15) is 23.2 Å². The minimum Gasteiger partial charge on any atom is -0.464 e. The largest absolute Gasteiger partial charge is 0.464 e. The van der Waals surface area contributed by atoms with Crippen LogP contribution in [0.4, 0.5) is 4.79 Å². The number of hydrogen-bond donors (Lipinski definition) is 2.